The Hall–Kier alpha value is -1.31. The van der Waals surface area contributed by atoms with Crippen LogP contribution in [0, 0.1) is 18.8 Å². The van der Waals surface area contributed by atoms with Crippen molar-refractivity contribution in [2.45, 2.75) is 40.5 Å². The molecule has 2 atom stereocenters. The Morgan fingerprint density at radius 3 is 2.29 bits per heavy atom. The number of hydrogen-bond donors (Lipinski definition) is 0. The monoisotopic (exact) mass is 234 g/mol. The Balaban J connectivity index is 2.47. The minimum atomic E-state index is -0.137. The van der Waals surface area contributed by atoms with Crippen LogP contribution in [0.15, 0.2) is 24.3 Å². The van der Waals surface area contributed by atoms with E-state index in [1.807, 2.05) is 31.2 Å². The topological polar surface area (TPSA) is 26.3 Å². The number of rotatable bonds is 5. The first-order valence-electron chi connectivity index (χ1n) is 6.30. The molecule has 17 heavy (non-hydrogen) atoms. The smallest absolute Gasteiger partial charge is 0.311 e. The van der Waals surface area contributed by atoms with Crippen LogP contribution < -0.4 is 4.74 Å². The zero-order valence-electron chi connectivity index (χ0n) is 11.2. The van der Waals surface area contributed by atoms with Gasteiger partial charge < -0.3 is 4.74 Å². The molecule has 0 amide bonds. The summed E-state index contributed by atoms with van der Waals surface area (Å²) in [5.41, 5.74) is 1.16. The van der Waals surface area contributed by atoms with Gasteiger partial charge in [-0.1, -0.05) is 44.9 Å². The average molecular weight is 234 g/mol. The molecule has 0 saturated carbocycles. The molecule has 0 aliphatic heterocycles. The summed E-state index contributed by atoms with van der Waals surface area (Å²) in [5.74, 6) is 1.43. The maximum Gasteiger partial charge on any atom is 0.311 e. The van der Waals surface area contributed by atoms with Gasteiger partial charge in [-0.2, -0.15) is 0 Å². The molecule has 0 aliphatic carbocycles. The Kier molecular flexibility index (Phi) is 5.20. The predicted octanol–water partition coefficient (Wildman–Crippen LogP) is 3.97. The van der Waals surface area contributed by atoms with Crippen molar-refractivity contribution >= 4 is 5.97 Å². The average Bonchev–Trinajstić information content (AvgIpc) is 2.30. The molecule has 0 saturated heterocycles. The SMILES string of the molecule is CCC(C)C(C)CC(=O)Oc1ccc(C)cc1. The lowest BCUT2D eigenvalue weighted by atomic mass is 9.91. The van der Waals surface area contributed by atoms with E-state index in [4.69, 9.17) is 4.74 Å². The van der Waals surface area contributed by atoms with E-state index in [1.54, 1.807) is 0 Å². The van der Waals surface area contributed by atoms with Gasteiger partial charge in [-0.15, -0.1) is 0 Å². The lowest BCUT2D eigenvalue weighted by molar-refractivity contribution is -0.135. The van der Waals surface area contributed by atoms with E-state index >= 15 is 0 Å². The lowest BCUT2D eigenvalue weighted by Gasteiger charge is -2.17. The Bertz CT molecular complexity index is 354. The highest BCUT2D eigenvalue weighted by Gasteiger charge is 2.15. The molecule has 0 bridgehead atoms. The molecular weight excluding hydrogens is 212 g/mol. The van der Waals surface area contributed by atoms with Crippen LogP contribution in [0.25, 0.3) is 0 Å². The number of aryl methyl sites for hydroxylation is 1. The van der Waals surface area contributed by atoms with Crippen molar-refractivity contribution in [2.75, 3.05) is 0 Å². The van der Waals surface area contributed by atoms with Crippen molar-refractivity contribution in [1.29, 1.82) is 0 Å². The minimum Gasteiger partial charge on any atom is -0.427 e. The highest BCUT2D eigenvalue weighted by molar-refractivity contribution is 5.72. The first kappa shape index (κ1) is 13.8. The molecule has 0 radical (unpaired) electrons. The van der Waals surface area contributed by atoms with Crippen LogP contribution >= 0.6 is 0 Å². The second-order valence-corrected chi connectivity index (χ2v) is 4.85. The molecule has 1 rings (SSSR count). The largest absolute Gasteiger partial charge is 0.427 e. The number of esters is 1. The lowest BCUT2D eigenvalue weighted by Crippen LogP contribution is -2.16. The predicted molar refractivity (Wildman–Crippen MR) is 70.1 cm³/mol. The molecule has 2 nitrogen and oxygen atoms in total. The number of hydrogen-bond acceptors (Lipinski definition) is 2. The van der Waals surface area contributed by atoms with E-state index in [2.05, 4.69) is 20.8 Å². The van der Waals surface area contributed by atoms with Gasteiger partial charge in [-0.3, -0.25) is 4.79 Å². The molecule has 0 N–H and O–H groups in total. The summed E-state index contributed by atoms with van der Waals surface area (Å²) in [5, 5.41) is 0. The zero-order chi connectivity index (χ0) is 12.8. The summed E-state index contributed by atoms with van der Waals surface area (Å²) in [6, 6.07) is 7.56. The Morgan fingerprint density at radius 2 is 1.76 bits per heavy atom. The third kappa shape index (κ3) is 4.59. The third-order valence-corrected chi connectivity index (χ3v) is 3.36. The van der Waals surface area contributed by atoms with Crippen LogP contribution in [0.2, 0.25) is 0 Å². The van der Waals surface area contributed by atoms with Crippen LogP contribution in [-0.2, 0) is 4.79 Å². The molecule has 0 heterocycles. The summed E-state index contributed by atoms with van der Waals surface area (Å²) in [4.78, 5) is 11.7. The quantitative estimate of drug-likeness (QED) is 0.569. The van der Waals surface area contributed by atoms with Crippen molar-refractivity contribution < 1.29 is 9.53 Å². The number of benzene rings is 1. The minimum absolute atomic E-state index is 0.137. The summed E-state index contributed by atoms with van der Waals surface area (Å²) >= 11 is 0. The summed E-state index contributed by atoms with van der Waals surface area (Å²) < 4.78 is 5.30. The van der Waals surface area contributed by atoms with Crippen molar-refractivity contribution in [3.63, 3.8) is 0 Å². The fourth-order valence-electron chi connectivity index (χ4n) is 1.65. The van der Waals surface area contributed by atoms with Gasteiger partial charge in [0.15, 0.2) is 0 Å². The highest BCUT2D eigenvalue weighted by atomic mass is 16.5. The molecule has 0 aromatic heterocycles. The second kappa shape index (κ2) is 6.43. The summed E-state index contributed by atoms with van der Waals surface area (Å²) in [7, 11) is 0. The van der Waals surface area contributed by atoms with Crippen LogP contribution in [0.1, 0.15) is 39.2 Å². The maximum atomic E-state index is 11.7. The Morgan fingerprint density at radius 1 is 1.18 bits per heavy atom. The van der Waals surface area contributed by atoms with E-state index in [-0.39, 0.29) is 5.97 Å². The van der Waals surface area contributed by atoms with Crippen LogP contribution in [-0.4, -0.2) is 5.97 Å². The zero-order valence-corrected chi connectivity index (χ0v) is 11.2. The molecular formula is C15H22O2. The van der Waals surface area contributed by atoms with Crippen molar-refractivity contribution in [3.8, 4) is 5.75 Å². The van der Waals surface area contributed by atoms with Crippen LogP contribution in [0.3, 0.4) is 0 Å². The molecule has 1 aromatic rings. The summed E-state index contributed by atoms with van der Waals surface area (Å²) in [6.45, 7) is 8.43. The van der Waals surface area contributed by atoms with E-state index in [1.165, 1.54) is 0 Å². The molecule has 94 valence electrons. The summed E-state index contributed by atoms with van der Waals surface area (Å²) in [6.07, 6.45) is 1.59. The second-order valence-electron chi connectivity index (χ2n) is 4.85. The third-order valence-electron chi connectivity index (χ3n) is 3.36. The molecule has 2 heteroatoms. The van der Waals surface area contributed by atoms with Crippen LogP contribution in [0.4, 0.5) is 0 Å². The van der Waals surface area contributed by atoms with Crippen molar-refractivity contribution in [3.05, 3.63) is 29.8 Å². The van der Waals surface area contributed by atoms with E-state index in [0.717, 1.165) is 12.0 Å². The first-order valence-corrected chi connectivity index (χ1v) is 6.30. The normalized spacial score (nSPS) is 14.1. The van der Waals surface area contributed by atoms with Gasteiger partial charge in [-0.25, -0.2) is 0 Å². The molecule has 1 aromatic carbocycles. The van der Waals surface area contributed by atoms with Crippen LogP contribution in [0.5, 0.6) is 5.75 Å². The van der Waals surface area contributed by atoms with Crippen molar-refractivity contribution in [2.24, 2.45) is 11.8 Å². The van der Waals surface area contributed by atoms with E-state index in [9.17, 15) is 4.79 Å². The molecule has 0 aliphatic rings. The van der Waals surface area contributed by atoms with Gasteiger partial charge >= 0.3 is 5.97 Å². The fourth-order valence-corrected chi connectivity index (χ4v) is 1.65. The molecule has 0 spiro atoms. The van der Waals surface area contributed by atoms with Gasteiger partial charge in [0.2, 0.25) is 0 Å². The standard InChI is InChI=1S/C15H22O2/c1-5-12(3)13(4)10-15(16)17-14-8-6-11(2)7-9-14/h6-9,12-13H,5,10H2,1-4H3. The number of carbonyl (C=O) groups excluding carboxylic acids is 1. The van der Waals surface area contributed by atoms with Gasteiger partial charge in [0.25, 0.3) is 0 Å². The molecule has 0 fully saturated rings. The van der Waals surface area contributed by atoms with Gasteiger partial charge in [0.05, 0.1) is 0 Å². The van der Waals surface area contributed by atoms with E-state index in [0.29, 0.717) is 24.0 Å². The van der Waals surface area contributed by atoms with Gasteiger partial charge in [0, 0.05) is 6.42 Å². The Labute approximate surface area is 104 Å². The molecule has 2 unspecified atom stereocenters. The fraction of sp³-hybridized carbons (Fsp3) is 0.533. The number of ether oxygens (including phenoxy) is 1. The van der Waals surface area contributed by atoms with Crippen molar-refractivity contribution in [1.82, 2.24) is 0 Å². The first-order chi connectivity index (χ1) is 8.02. The maximum absolute atomic E-state index is 11.7. The highest BCUT2D eigenvalue weighted by Crippen LogP contribution is 2.19. The van der Waals surface area contributed by atoms with Gasteiger partial charge in [-0.05, 0) is 30.9 Å². The van der Waals surface area contributed by atoms with Gasteiger partial charge in [0.1, 0.15) is 5.75 Å². The number of carbonyl (C=O) groups is 1. The van der Waals surface area contributed by atoms with E-state index < -0.39 is 0 Å².